The van der Waals surface area contributed by atoms with Crippen LogP contribution in [0, 0.1) is 5.41 Å². The van der Waals surface area contributed by atoms with Crippen LogP contribution in [0.2, 0.25) is 5.02 Å². The summed E-state index contributed by atoms with van der Waals surface area (Å²) in [4.78, 5) is 4.60. The van der Waals surface area contributed by atoms with Crippen molar-refractivity contribution in [3.63, 3.8) is 0 Å². The Morgan fingerprint density at radius 2 is 1.79 bits per heavy atom. The predicted molar refractivity (Wildman–Crippen MR) is 100.0 cm³/mol. The van der Waals surface area contributed by atoms with Gasteiger partial charge in [0.1, 0.15) is 0 Å². The third kappa shape index (κ3) is 3.73. The third-order valence-corrected chi connectivity index (χ3v) is 4.24. The van der Waals surface area contributed by atoms with Crippen LogP contribution in [0.1, 0.15) is 32.0 Å². The summed E-state index contributed by atoms with van der Waals surface area (Å²) in [7, 11) is 1.65. The molecule has 0 spiro atoms. The molecule has 0 bridgehead atoms. The number of nitrogens with zero attached hydrogens (tertiary/aromatic N) is 2. The number of methoxy groups -OCH3 is 1. The number of hydrogen-bond acceptors (Lipinski definition) is 2. The molecule has 0 saturated carbocycles. The van der Waals surface area contributed by atoms with Gasteiger partial charge in [-0.2, -0.15) is 0 Å². The molecule has 126 valence electrons. The average molecular weight is 343 g/mol. The Kier molecular flexibility index (Phi) is 4.55. The fourth-order valence-corrected chi connectivity index (χ4v) is 3.06. The zero-order valence-electron chi connectivity index (χ0n) is 14.6. The standard InChI is InChI=1S/C20H23ClN2O/c1-20(2,3)12-16-11-17-18(9-10-19(22-17)24-4)23(16)13-14-5-7-15(21)8-6-14/h5-11H,12-13H2,1-4H3. The predicted octanol–water partition coefficient (Wildman–Crippen LogP) is 5.34. The third-order valence-electron chi connectivity index (χ3n) is 3.99. The SMILES string of the molecule is COc1ccc2c(cc(CC(C)(C)C)n2Cc2ccc(Cl)cc2)n1. The second-order valence-electron chi connectivity index (χ2n) is 7.34. The van der Waals surface area contributed by atoms with E-state index in [1.165, 1.54) is 11.3 Å². The monoisotopic (exact) mass is 342 g/mol. The first-order chi connectivity index (χ1) is 11.4. The van der Waals surface area contributed by atoms with Crippen molar-refractivity contribution in [2.75, 3.05) is 7.11 Å². The highest BCUT2D eigenvalue weighted by Gasteiger charge is 2.18. The highest BCUT2D eigenvalue weighted by molar-refractivity contribution is 6.30. The second kappa shape index (κ2) is 6.48. The van der Waals surface area contributed by atoms with Crippen LogP contribution in [0.3, 0.4) is 0 Å². The summed E-state index contributed by atoms with van der Waals surface area (Å²) in [6, 6.07) is 14.2. The molecule has 4 heteroatoms. The number of ether oxygens (including phenoxy) is 1. The summed E-state index contributed by atoms with van der Waals surface area (Å²) >= 11 is 6.01. The van der Waals surface area contributed by atoms with Crippen LogP contribution in [0.5, 0.6) is 5.88 Å². The van der Waals surface area contributed by atoms with E-state index >= 15 is 0 Å². The van der Waals surface area contributed by atoms with Crippen molar-refractivity contribution in [1.82, 2.24) is 9.55 Å². The van der Waals surface area contributed by atoms with Gasteiger partial charge in [0.2, 0.25) is 5.88 Å². The van der Waals surface area contributed by atoms with Gasteiger partial charge < -0.3 is 9.30 Å². The Labute approximate surface area is 148 Å². The average Bonchev–Trinajstić information content (AvgIpc) is 2.84. The van der Waals surface area contributed by atoms with Crippen LogP contribution in [0.25, 0.3) is 11.0 Å². The number of benzene rings is 1. The molecule has 0 unspecified atom stereocenters. The number of halogens is 1. The first-order valence-corrected chi connectivity index (χ1v) is 8.51. The van der Waals surface area contributed by atoms with E-state index in [2.05, 4.69) is 54.6 Å². The van der Waals surface area contributed by atoms with Crippen molar-refractivity contribution >= 4 is 22.6 Å². The first kappa shape index (κ1) is 16.8. The van der Waals surface area contributed by atoms with Crippen molar-refractivity contribution in [2.24, 2.45) is 5.41 Å². The van der Waals surface area contributed by atoms with Gasteiger partial charge in [-0.25, -0.2) is 4.98 Å². The van der Waals surface area contributed by atoms with E-state index < -0.39 is 0 Å². The Balaban J connectivity index is 2.07. The van der Waals surface area contributed by atoms with E-state index in [1.54, 1.807) is 7.11 Å². The molecular weight excluding hydrogens is 320 g/mol. The smallest absolute Gasteiger partial charge is 0.213 e. The Hall–Kier alpha value is -2.00. The molecule has 0 fully saturated rings. The van der Waals surface area contributed by atoms with Crippen LogP contribution < -0.4 is 4.74 Å². The Bertz CT molecular complexity index is 844. The molecule has 0 aliphatic heterocycles. The Morgan fingerprint density at radius 1 is 1.08 bits per heavy atom. The van der Waals surface area contributed by atoms with E-state index in [4.69, 9.17) is 16.3 Å². The van der Waals surface area contributed by atoms with E-state index in [9.17, 15) is 0 Å². The lowest BCUT2D eigenvalue weighted by Gasteiger charge is -2.20. The summed E-state index contributed by atoms with van der Waals surface area (Å²) in [6.45, 7) is 7.57. The van der Waals surface area contributed by atoms with Crippen LogP contribution in [-0.4, -0.2) is 16.7 Å². The summed E-state index contributed by atoms with van der Waals surface area (Å²) < 4.78 is 7.61. The van der Waals surface area contributed by atoms with Crippen molar-refractivity contribution in [1.29, 1.82) is 0 Å². The molecule has 3 nitrogen and oxygen atoms in total. The first-order valence-electron chi connectivity index (χ1n) is 8.13. The van der Waals surface area contributed by atoms with Crippen molar-refractivity contribution in [3.8, 4) is 5.88 Å². The highest BCUT2D eigenvalue weighted by Crippen LogP contribution is 2.28. The maximum atomic E-state index is 6.01. The zero-order chi connectivity index (χ0) is 17.3. The molecule has 0 amide bonds. The number of fused-ring (bicyclic) bond motifs is 1. The second-order valence-corrected chi connectivity index (χ2v) is 7.78. The topological polar surface area (TPSA) is 27.1 Å². The lowest BCUT2D eigenvalue weighted by Crippen LogP contribution is -2.14. The quantitative estimate of drug-likeness (QED) is 0.640. The van der Waals surface area contributed by atoms with Crippen LogP contribution in [-0.2, 0) is 13.0 Å². The highest BCUT2D eigenvalue weighted by atomic mass is 35.5. The molecule has 1 aromatic carbocycles. The Morgan fingerprint density at radius 3 is 2.42 bits per heavy atom. The van der Waals surface area contributed by atoms with Crippen molar-refractivity contribution in [2.45, 2.75) is 33.7 Å². The molecule has 3 aromatic rings. The van der Waals surface area contributed by atoms with Crippen LogP contribution in [0.4, 0.5) is 0 Å². The molecule has 3 rings (SSSR count). The fourth-order valence-electron chi connectivity index (χ4n) is 2.94. The summed E-state index contributed by atoms with van der Waals surface area (Å²) in [5, 5.41) is 0.762. The number of hydrogen-bond donors (Lipinski definition) is 0. The van der Waals surface area contributed by atoms with Gasteiger partial charge in [0.25, 0.3) is 0 Å². The van der Waals surface area contributed by atoms with E-state index in [0.29, 0.717) is 5.88 Å². The molecule has 0 N–H and O–H groups in total. The maximum absolute atomic E-state index is 6.01. The molecular formula is C20H23ClN2O. The molecule has 0 radical (unpaired) electrons. The van der Waals surface area contributed by atoms with Crippen molar-refractivity contribution < 1.29 is 4.74 Å². The van der Waals surface area contributed by atoms with Crippen molar-refractivity contribution in [3.05, 3.63) is 58.7 Å². The van der Waals surface area contributed by atoms with Gasteiger partial charge in [0, 0.05) is 23.3 Å². The minimum Gasteiger partial charge on any atom is -0.481 e. The minimum atomic E-state index is 0.205. The maximum Gasteiger partial charge on any atom is 0.213 e. The molecule has 2 aromatic heterocycles. The minimum absolute atomic E-state index is 0.205. The number of pyridine rings is 1. The van der Waals surface area contributed by atoms with Gasteiger partial charge in [-0.3, -0.25) is 0 Å². The summed E-state index contributed by atoms with van der Waals surface area (Å²) in [5.74, 6) is 0.647. The lowest BCUT2D eigenvalue weighted by molar-refractivity contribution is 0.399. The fraction of sp³-hybridized carbons (Fsp3) is 0.350. The molecule has 0 aliphatic carbocycles. The van der Waals surface area contributed by atoms with Gasteiger partial charge in [-0.05, 0) is 41.7 Å². The van der Waals surface area contributed by atoms with Gasteiger partial charge >= 0.3 is 0 Å². The normalized spacial score (nSPS) is 11.9. The number of rotatable bonds is 4. The molecule has 2 heterocycles. The van der Waals surface area contributed by atoms with Crippen LogP contribution in [0.15, 0.2) is 42.5 Å². The molecule has 0 atom stereocenters. The van der Waals surface area contributed by atoms with E-state index in [-0.39, 0.29) is 5.41 Å². The van der Waals surface area contributed by atoms with E-state index in [1.807, 2.05) is 18.2 Å². The molecule has 0 aliphatic rings. The zero-order valence-corrected chi connectivity index (χ0v) is 15.4. The summed E-state index contributed by atoms with van der Waals surface area (Å²) in [5.41, 5.74) is 4.82. The summed E-state index contributed by atoms with van der Waals surface area (Å²) in [6.07, 6.45) is 0.985. The largest absolute Gasteiger partial charge is 0.481 e. The van der Waals surface area contributed by atoms with E-state index in [0.717, 1.165) is 29.0 Å². The van der Waals surface area contributed by atoms with Gasteiger partial charge in [0.15, 0.2) is 0 Å². The molecule has 24 heavy (non-hydrogen) atoms. The number of aromatic nitrogens is 2. The van der Waals surface area contributed by atoms with Gasteiger partial charge in [-0.15, -0.1) is 0 Å². The molecule has 0 saturated heterocycles. The van der Waals surface area contributed by atoms with Gasteiger partial charge in [0.05, 0.1) is 18.1 Å². The van der Waals surface area contributed by atoms with Crippen LogP contribution >= 0.6 is 11.6 Å². The van der Waals surface area contributed by atoms with Gasteiger partial charge in [-0.1, -0.05) is 44.5 Å². The lowest BCUT2D eigenvalue weighted by atomic mass is 9.90.